The SMILES string of the molecule is Cc1ccc(C2=NCC(C)(C)N2)cc1F. The minimum atomic E-state index is -0.179. The summed E-state index contributed by atoms with van der Waals surface area (Å²) >= 11 is 0. The van der Waals surface area contributed by atoms with Gasteiger partial charge in [0.05, 0.1) is 12.1 Å². The van der Waals surface area contributed by atoms with E-state index < -0.39 is 0 Å². The molecule has 0 amide bonds. The summed E-state index contributed by atoms with van der Waals surface area (Å²) in [5.41, 5.74) is 1.47. The average molecular weight is 206 g/mol. The number of aliphatic imine (C=N–C) groups is 1. The van der Waals surface area contributed by atoms with Gasteiger partial charge in [-0.05, 0) is 32.4 Å². The standard InChI is InChI=1S/C12H15FN2/c1-8-4-5-9(6-10(8)13)11-14-7-12(2,3)15-11/h4-6H,7H2,1-3H3,(H,14,15). The number of halogens is 1. The van der Waals surface area contributed by atoms with Crippen LogP contribution in [0.1, 0.15) is 25.0 Å². The van der Waals surface area contributed by atoms with Crippen molar-refractivity contribution in [2.75, 3.05) is 6.54 Å². The highest BCUT2D eigenvalue weighted by atomic mass is 19.1. The van der Waals surface area contributed by atoms with Gasteiger partial charge in [-0.2, -0.15) is 0 Å². The zero-order valence-electron chi connectivity index (χ0n) is 9.26. The highest BCUT2D eigenvalue weighted by Gasteiger charge is 2.25. The van der Waals surface area contributed by atoms with Crippen LogP contribution in [0.4, 0.5) is 4.39 Å². The van der Waals surface area contributed by atoms with Crippen LogP contribution in [-0.2, 0) is 0 Å². The molecule has 2 nitrogen and oxygen atoms in total. The van der Waals surface area contributed by atoms with Crippen molar-refractivity contribution < 1.29 is 4.39 Å². The summed E-state index contributed by atoms with van der Waals surface area (Å²) in [5.74, 6) is 0.612. The lowest BCUT2D eigenvalue weighted by atomic mass is 10.1. The van der Waals surface area contributed by atoms with E-state index in [0.29, 0.717) is 5.56 Å². The van der Waals surface area contributed by atoms with Gasteiger partial charge in [-0.3, -0.25) is 4.99 Å². The first-order chi connectivity index (χ1) is 6.98. The van der Waals surface area contributed by atoms with Gasteiger partial charge in [0.15, 0.2) is 0 Å². The minimum absolute atomic E-state index is 0.0172. The van der Waals surface area contributed by atoms with E-state index in [4.69, 9.17) is 0 Å². The topological polar surface area (TPSA) is 24.4 Å². The largest absolute Gasteiger partial charge is 0.363 e. The second-order valence-electron chi connectivity index (χ2n) is 4.64. The van der Waals surface area contributed by atoms with Gasteiger partial charge in [0.25, 0.3) is 0 Å². The number of rotatable bonds is 1. The fourth-order valence-corrected chi connectivity index (χ4v) is 1.58. The van der Waals surface area contributed by atoms with Gasteiger partial charge in [-0.1, -0.05) is 12.1 Å². The second-order valence-corrected chi connectivity index (χ2v) is 4.64. The summed E-state index contributed by atoms with van der Waals surface area (Å²) in [5, 5.41) is 3.28. The van der Waals surface area contributed by atoms with E-state index in [1.165, 1.54) is 6.07 Å². The Morgan fingerprint density at radius 1 is 1.40 bits per heavy atom. The smallest absolute Gasteiger partial charge is 0.128 e. The van der Waals surface area contributed by atoms with Crippen LogP contribution in [0.2, 0.25) is 0 Å². The van der Waals surface area contributed by atoms with E-state index in [2.05, 4.69) is 24.2 Å². The van der Waals surface area contributed by atoms with Crippen LogP contribution < -0.4 is 5.32 Å². The Morgan fingerprint density at radius 3 is 2.67 bits per heavy atom. The minimum Gasteiger partial charge on any atom is -0.363 e. The van der Waals surface area contributed by atoms with Gasteiger partial charge in [-0.25, -0.2) is 4.39 Å². The Morgan fingerprint density at radius 2 is 2.13 bits per heavy atom. The average Bonchev–Trinajstić information content (AvgIpc) is 2.51. The van der Waals surface area contributed by atoms with Crippen LogP contribution in [-0.4, -0.2) is 17.9 Å². The molecule has 80 valence electrons. The summed E-state index contributed by atoms with van der Waals surface area (Å²) in [6, 6.07) is 5.20. The second kappa shape index (κ2) is 3.33. The number of hydrogen-bond acceptors (Lipinski definition) is 2. The van der Waals surface area contributed by atoms with Crippen molar-refractivity contribution >= 4 is 5.84 Å². The molecule has 0 saturated heterocycles. The zero-order chi connectivity index (χ0) is 11.1. The van der Waals surface area contributed by atoms with Gasteiger partial charge < -0.3 is 5.32 Å². The Balaban J connectivity index is 2.29. The van der Waals surface area contributed by atoms with Crippen molar-refractivity contribution in [2.45, 2.75) is 26.3 Å². The van der Waals surface area contributed by atoms with Crippen molar-refractivity contribution in [1.82, 2.24) is 5.32 Å². The summed E-state index contributed by atoms with van der Waals surface area (Å²) in [6.45, 7) is 6.65. The van der Waals surface area contributed by atoms with E-state index in [1.54, 1.807) is 13.0 Å². The number of aryl methyl sites for hydroxylation is 1. The zero-order valence-corrected chi connectivity index (χ0v) is 9.26. The molecule has 1 aromatic carbocycles. The molecular formula is C12H15FN2. The van der Waals surface area contributed by atoms with E-state index in [1.807, 2.05) is 6.07 Å². The third kappa shape index (κ3) is 2.01. The van der Waals surface area contributed by atoms with Crippen LogP contribution in [0.25, 0.3) is 0 Å². The molecule has 0 spiro atoms. The fraction of sp³-hybridized carbons (Fsp3) is 0.417. The molecule has 0 atom stereocenters. The van der Waals surface area contributed by atoms with Crippen molar-refractivity contribution in [2.24, 2.45) is 4.99 Å². The van der Waals surface area contributed by atoms with Crippen molar-refractivity contribution in [3.05, 3.63) is 35.1 Å². The lowest BCUT2D eigenvalue weighted by molar-refractivity contribution is 0.506. The third-order valence-electron chi connectivity index (χ3n) is 2.53. The van der Waals surface area contributed by atoms with Crippen LogP contribution >= 0.6 is 0 Å². The quantitative estimate of drug-likeness (QED) is 0.749. The Bertz CT molecular complexity index is 422. The highest BCUT2D eigenvalue weighted by molar-refractivity contribution is 6.00. The van der Waals surface area contributed by atoms with Crippen LogP contribution in [0.15, 0.2) is 23.2 Å². The van der Waals surface area contributed by atoms with E-state index in [0.717, 1.165) is 17.9 Å². The number of amidine groups is 1. The van der Waals surface area contributed by atoms with Crippen LogP contribution in [0.5, 0.6) is 0 Å². The van der Waals surface area contributed by atoms with Gasteiger partial charge >= 0.3 is 0 Å². The van der Waals surface area contributed by atoms with E-state index >= 15 is 0 Å². The molecule has 0 aliphatic carbocycles. The molecular weight excluding hydrogens is 191 g/mol. The molecule has 1 heterocycles. The molecule has 15 heavy (non-hydrogen) atoms. The maximum Gasteiger partial charge on any atom is 0.128 e. The fourth-order valence-electron chi connectivity index (χ4n) is 1.58. The maximum atomic E-state index is 13.3. The van der Waals surface area contributed by atoms with Crippen molar-refractivity contribution in [1.29, 1.82) is 0 Å². The first-order valence-corrected chi connectivity index (χ1v) is 5.07. The van der Waals surface area contributed by atoms with E-state index in [-0.39, 0.29) is 11.4 Å². The molecule has 1 aliphatic rings. The van der Waals surface area contributed by atoms with E-state index in [9.17, 15) is 4.39 Å². The molecule has 0 saturated carbocycles. The summed E-state index contributed by atoms with van der Waals surface area (Å²) < 4.78 is 13.3. The van der Waals surface area contributed by atoms with Crippen molar-refractivity contribution in [3.63, 3.8) is 0 Å². The Kier molecular flexibility index (Phi) is 2.25. The predicted molar refractivity (Wildman–Crippen MR) is 59.8 cm³/mol. The lowest BCUT2D eigenvalue weighted by Gasteiger charge is -2.18. The predicted octanol–water partition coefficient (Wildman–Crippen LogP) is 2.26. The third-order valence-corrected chi connectivity index (χ3v) is 2.53. The summed E-state index contributed by atoms with van der Waals surface area (Å²) in [7, 11) is 0. The first-order valence-electron chi connectivity index (χ1n) is 5.07. The molecule has 1 aliphatic heterocycles. The lowest BCUT2D eigenvalue weighted by Crippen LogP contribution is -2.39. The van der Waals surface area contributed by atoms with Gasteiger partial charge in [0, 0.05) is 5.56 Å². The molecule has 1 N–H and O–H groups in total. The van der Waals surface area contributed by atoms with Crippen molar-refractivity contribution in [3.8, 4) is 0 Å². The first kappa shape index (κ1) is 10.1. The number of nitrogens with zero attached hydrogens (tertiary/aromatic N) is 1. The number of benzene rings is 1. The number of nitrogens with one attached hydrogen (secondary N) is 1. The van der Waals surface area contributed by atoms with Crippen LogP contribution in [0, 0.1) is 12.7 Å². The Labute approximate surface area is 89.2 Å². The summed E-state index contributed by atoms with van der Waals surface area (Å²) in [4.78, 5) is 4.37. The summed E-state index contributed by atoms with van der Waals surface area (Å²) in [6.07, 6.45) is 0. The van der Waals surface area contributed by atoms with Gasteiger partial charge in [0.2, 0.25) is 0 Å². The van der Waals surface area contributed by atoms with Crippen LogP contribution in [0.3, 0.4) is 0 Å². The Hall–Kier alpha value is -1.38. The molecule has 3 heteroatoms. The maximum absolute atomic E-state index is 13.3. The molecule has 0 radical (unpaired) electrons. The van der Waals surface area contributed by atoms with Gasteiger partial charge in [-0.15, -0.1) is 0 Å². The molecule has 1 aromatic rings. The normalized spacial score (nSPS) is 18.5. The molecule has 0 unspecified atom stereocenters. The molecule has 2 rings (SSSR count). The van der Waals surface area contributed by atoms with Gasteiger partial charge in [0.1, 0.15) is 11.7 Å². The molecule has 0 aromatic heterocycles. The molecule has 0 fully saturated rings. The number of hydrogen-bond donors (Lipinski definition) is 1. The monoisotopic (exact) mass is 206 g/mol. The highest BCUT2D eigenvalue weighted by Crippen LogP contribution is 2.16. The molecule has 0 bridgehead atoms.